The highest BCUT2D eigenvalue weighted by atomic mass is 16.3. The van der Waals surface area contributed by atoms with Gasteiger partial charge in [-0.1, -0.05) is 30.3 Å². The molecule has 0 amide bonds. The van der Waals surface area contributed by atoms with Crippen molar-refractivity contribution in [2.75, 3.05) is 18.5 Å². The van der Waals surface area contributed by atoms with Gasteiger partial charge in [0.2, 0.25) is 0 Å². The zero-order chi connectivity index (χ0) is 15.7. The van der Waals surface area contributed by atoms with Crippen molar-refractivity contribution in [2.24, 2.45) is 5.41 Å². The van der Waals surface area contributed by atoms with Crippen LogP contribution >= 0.6 is 0 Å². The number of aliphatic hydroxyl groups is 1. The van der Waals surface area contributed by atoms with Gasteiger partial charge in [0.15, 0.2) is 0 Å². The van der Waals surface area contributed by atoms with Crippen LogP contribution in [0.2, 0.25) is 0 Å². The number of nitrogens with one attached hydrogen (secondary N) is 1. The fraction of sp³-hybridized carbons (Fsp3) is 0.353. The lowest BCUT2D eigenvalue weighted by Gasteiger charge is -2.16. The monoisotopic (exact) mass is 309 g/mol. The molecule has 2 N–H and O–H groups in total. The van der Waals surface area contributed by atoms with Crippen LogP contribution < -0.4 is 5.32 Å². The summed E-state index contributed by atoms with van der Waals surface area (Å²) >= 11 is 0. The van der Waals surface area contributed by atoms with Crippen LogP contribution in [0.5, 0.6) is 0 Å². The predicted octanol–water partition coefficient (Wildman–Crippen LogP) is 2.37. The van der Waals surface area contributed by atoms with E-state index in [0.717, 1.165) is 42.9 Å². The van der Waals surface area contributed by atoms with Crippen LogP contribution in [-0.4, -0.2) is 37.8 Å². The Morgan fingerprint density at radius 3 is 2.78 bits per heavy atom. The van der Waals surface area contributed by atoms with Gasteiger partial charge in [-0.15, -0.1) is 0 Å². The smallest absolute Gasteiger partial charge is 0.254 e. The summed E-state index contributed by atoms with van der Waals surface area (Å²) in [7, 11) is 0. The number of hydrogen-bond donors (Lipinski definition) is 2. The topological polar surface area (TPSA) is 75.3 Å². The first kappa shape index (κ1) is 14.1. The van der Waals surface area contributed by atoms with Crippen LogP contribution in [0.4, 0.5) is 5.82 Å². The van der Waals surface area contributed by atoms with E-state index in [-0.39, 0.29) is 12.0 Å². The minimum Gasteiger partial charge on any atom is -0.396 e. The first-order chi connectivity index (χ1) is 11.3. The van der Waals surface area contributed by atoms with Crippen molar-refractivity contribution in [3.05, 3.63) is 42.7 Å². The van der Waals surface area contributed by atoms with Crippen molar-refractivity contribution in [3.8, 4) is 11.3 Å². The lowest BCUT2D eigenvalue weighted by Crippen LogP contribution is -2.18. The van der Waals surface area contributed by atoms with E-state index in [1.807, 2.05) is 36.4 Å². The fourth-order valence-electron chi connectivity index (χ4n) is 2.90. The molecule has 1 aliphatic rings. The number of aliphatic hydroxyl groups excluding tert-OH is 1. The van der Waals surface area contributed by atoms with Gasteiger partial charge in [0, 0.05) is 24.8 Å². The van der Waals surface area contributed by atoms with Gasteiger partial charge < -0.3 is 10.4 Å². The van der Waals surface area contributed by atoms with E-state index in [1.54, 1.807) is 4.52 Å². The second-order valence-electron chi connectivity index (χ2n) is 6.19. The van der Waals surface area contributed by atoms with Gasteiger partial charge in [-0.05, 0) is 24.7 Å². The third-order valence-electron chi connectivity index (χ3n) is 4.57. The first-order valence-corrected chi connectivity index (χ1v) is 7.91. The molecule has 6 heteroatoms. The van der Waals surface area contributed by atoms with Crippen LogP contribution in [0, 0.1) is 5.41 Å². The van der Waals surface area contributed by atoms with Crippen molar-refractivity contribution in [2.45, 2.75) is 19.3 Å². The number of anilines is 1. The minimum absolute atomic E-state index is 0.234. The third-order valence-corrected chi connectivity index (χ3v) is 4.57. The maximum Gasteiger partial charge on any atom is 0.254 e. The maximum absolute atomic E-state index is 9.21. The largest absolute Gasteiger partial charge is 0.396 e. The molecule has 0 spiro atoms. The summed E-state index contributed by atoms with van der Waals surface area (Å²) in [6.07, 6.45) is 4.69. The molecule has 2 aromatic heterocycles. The summed E-state index contributed by atoms with van der Waals surface area (Å²) in [5.41, 5.74) is 2.16. The van der Waals surface area contributed by atoms with Crippen LogP contribution in [0.1, 0.15) is 19.3 Å². The minimum atomic E-state index is 0.234. The molecule has 118 valence electrons. The van der Waals surface area contributed by atoms with E-state index >= 15 is 0 Å². The molecular formula is C17H19N5O. The van der Waals surface area contributed by atoms with Crippen LogP contribution in [0.15, 0.2) is 42.7 Å². The standard InChI is InChI=1S/C17H19N5O/c23-9-8-17(6-7-17)11-18-15-10-14(13-4-2-1-3-5-13)21-16-19-12-20-22(15)16/h1-5,10,12,18,23H,6-9,11H2. The highest BCUT2D eigenvalue weighted by Gasteiger charge is 2.41. The number of aromatic nitrogens is 4. The van der Waals surface area contributed by atoms with E-state index in [0.29, 0.717) is 5.78 Å². The van der Waals surface area contributed by atoms with Crippen molar-refractivity contribution >= 4 is 11.6 Å². The third kappa shape index (κ3) is 2.77. The molecule has 0 saturated heterocycles. The van der Waals surface area contributed by atoms with Crippen molar-refractivity contribution in [1.29, 1.82) is 0 Å². The quantitative estimate of drug-likeness (QED) is 0.731. The highest BCUT2D eigenvalue weighted by Crippen LogP contribution is 2.48. The molecule has 1 fully saturated rings. The molecule has 0 atom stereocenters. The van der Waals surface area contributed by atoms with E-state index < -0.39 is 0 Å². The van der Waals surface area contributed by atoms with Gasteiger partial charge in [0.05, 0.1) is 5.69 Å². The van der Waals surface area contributed by atoms with Crippen molar-refractivity contribution in [1.82, 2.24) is 19.6 Å². The molecule has 1 saturated carbocycles. The predicted molar refractivity (Wildman–Crippen MR) is 88.1 cm³/mol. The molecule has 6 nitrogen and oxygen atoms in total. The van der Waals surface area contributed by atoms with E-state index in [4.69, 9.17) is 0 Å². The molecule has 0 bridgehead atoms. The van der Waals surface area contributed by atoms with Gasteiger partial charge in [-0.25, -0.2) is 4.98 Å². The molecular weight excluding hydrogens is 290 g/mol. The summed E-state index contributed by atoms with van der Waals surface area (Å²) in [4.78, 5) is 8.79. The number of fused-ring (bicyclic) bond motifs is 1. The lowest BCUT2D eigenvalue weighted by molar-refractivity contribution is 0.253. The van der Waals surface area contributed by atoms with Crippen molar-refractivity contribution in [3.63, 3.8) is 0 Å². The molecule has 3 aromatic rings. The molecule has 1 aliphatic carbocycles. The number of rotatable bonds is 6. The number of nitrogens with zero attached hydrogens (tertiary/aromatic N) is 4. The molecule has 1 aromatic carbocycles. The van der Waals surface area contributed by atoms with E-state index in [9.17, 15) is 5.11 Å². The number of hydrogen-bond acceptors (Lipinski definition) is 5. The average molecular weight is 309 g/mol. The molecule has 2 heterocycles. The number of benzene rings is 1. The summed E-state index contributed by atoms with van der Waals surface area (Å²) in [5.74, 6) is 1.47. The maximum atomic E-state index is 9.21. The summed E-state index contributed by atoms with van der Waals surface area (Å²) in [6, 6.07) is 12.1. The molecule has 23 heavy (non-hydrogen) atoms. The second-order valence-corrected chi connectivity index (χ2v) is 6.19. The van der Waals surface area contributed by atoms with Gasteiger partial charge in [0.1, 0.15) is 12.1 Å². The summed E-state index contributed by atoms with van der Waals surface area (Å²) in [5, 5.41) is 16.9. The molecule has 0 unspecified atom stereocenters. The zero-order valence-corrected chi connectivity index (χ0v) is 12.8. The SMILES string of the molecule is OCCC1(CNc2cc(-c3ccccc3)nc3ncnn23)CC1. The second kappa shape index (κ2) is 5.62. The van der Waals surface area contributed by atoms with Crippen LogP contribution in [0.3, 0.4) is 0 Å². The van der Waals surface area contributed by atoms with Gasteiger partial charge in [0.25, 0.3) is 5.78 Å². The van der Waals surface area contributed by atoms with Crippen LogP contribution in [0.25, 0.3) is 17.0 Å². The normalized spacial score (nSPS) is 15.7. The van der Waals surface area contributed by atoms with Gasteiger partial charge in [-0.2, -0.15) is 14.6 Å². The fourth-order valence-corrected chi connectivity index (χ4v) is 2.90. The van der Waals surface area contributed by atoms with Gasteiger partial charge in [-0.3, -0.25) is 0 Å². The Bertz CT molecular complexity index is 810. The Balaban J connectivity index is 1.66. The van der Waals surface area contributed by atoms with Crippen molar-refractivity contribution < 1.29 is 5.11 Å². The first-order valence-electron chi connectivity index (χ1n) is 7.91. The molecule has 4 rings (SSSR count). The summed E-state index contributed by atoms with van der Waals surface area (Å²) in [6.45, 7) is 1.08. The Morgan fingerprint density at radius 2 is 2.04 bits per heavy atom. The van der Waals surface area contributed by atoms with E-state index in [1.165, 1.54) is 6.33 Å². The Labute approximate surface area is 134 Å². The average Bonchev–Trinajstić information content (AvgIpc) is 3.18. The van der Waals surface area contributed by atoms with Gasteiger partial charge >= 0.3 is 0 Å². The molecule has 0 radical (unpaired) electrons. The van der Waals surface area contributed by atoms with Crippen LogP contribution in [-0.2, 0) is 0 Å². The summed E-state index contributed by atoms with van der Waals surface area (Å²) < 4.78 is 1.72. The Morgan fingerprint density at radius 1 is 1.22 bits per heavy atom. The highest BCUT2D eigenvalue weighted by molar-refractivity contribution is 5.65. The Hall–Kier alpha value is -2.47. The zero-order valence-electron chi connectivity index (χ0n) is 12.8. The van der Waals surface area contributed by atoms with E-state index in [2.05, 4.69) is 20.4 Å². The Kier molecular flexibility index (Phi) is 3.46. The lowest BCUT2D eigenvalue weighted by atomic mass is 10.0. The molecule has 0 aliphatic heterocycles.